The topological polar surface area (TPSA) is 0 Å². The molecule has 1 rings (SSSR count). The van der Waals surface area contributed by atoms with Gasteiger partial charge in [-0.05, 0) is 13.8 Å². The Balaban J connectivity index is 0. The number of benzene rings is 1. The molecule has 0 saturated heterocycles. The zero-order chi connectivity index (χ0) is 17.1. The van der Waals surface area contributed by atoms with Gasteiger partial charge in [0.05, 0.1) is 0 Å². The molecule has 22 heavy (non-hydrogen) atoms. The first kappa shape index (κ1) is 23.5. The second-order valence-corrected chi connectivity index (χ2v) is 6.28. The highest BCUT2D eigenvalue weighted by atomic mass is 13.9. The van der Waals surface area contributed by atoms with Crippen molar-refractivity contribution in [1.29, 1.82) is 0 Å². The molecule has 0 unspecified atom stereocenters. The van der Waals surface area contributed by atoms with Crippen LogP contribution in [-0.2, 0) is 0 Å². The van der Waals surface area contributed by atoms with E-state index in [1.54, 1.807) is 0 Å². The van der Waals surface area contributed by atoms with E-state index >= 15 is 0 Å². The van der Waals surface area contributed by atoms with Crippen LogP contribution < -0.4 is 0 Å². The van der Waals surface area contributed by atoms with Gasteiger partial charge >= 0.3 is 0 Å². The van der Waals surface area contributed by atoms with Gasteiger partial charge in [-0.2, -0.15) is 0 Å². The van der Waals surface area contributed by atoms with Crippen LogP contribution in [0.1, 0.15) is 103 Å². The smallest absolute Gasteiger partial charge is 0.0398 e. The zero-order valence-corrected chi connectivity index (χ0v) is 16.4. The first-order valence-electron chi connectivity index (χ1n) is 9.65. The number of rotatable bonds is 8. The summed E-state index contributed by atoms with van der Waals surface area (Å²) in [7, 11) is 0. The number of unbranched alkanes of at least 4 members (excludes halogenated alkanes) is 8. The minimum absolute atomic E-state index is 1.33. The van der Waals surface area contributed by atoms with Crippen LogP contribution in [0.25, 0.3) is 0 Å². The van der Waals surface area contributed by atoms with Gasteiger partial charge in [0.1, 0.15) is 0 Å². The fraction of sp³-hybridized carbons (Fsp3) is 0.727. The Labute approximate surface area is 141 Å². The van der Waals surface area contributed by atoms with Crippen molar-refractivity contribution in [2.24, 2.45) is 0 Å². The Morgan fingerprint density at radius 2 is 0.682 bits per heavy atom. The summed E-state index contributed by atoms with van der Waals surface area (Å²) in [5.74, 6) is 0. The summed E-state index contributed by atoms with van der Waals surface area (Å²) in [4.78, 5) is 0. The molecule has 0 spiro atoms. The SMILES string of the molecule is CCCCCCC.CCCCCCC.Cc1ccc(C)cc1. The van der Waals surface area contributed by atoms with Crippen molar-refractivity contribution in [3.8, 4) is 0 Å². The molecular weight excluding hydrogens is 264 g/mol. The van der Waals surface area contributed by atoms with Gasteiger partial charge < -0.3 is 0 Å². The molecule has 0 aliphatic carbocycles. The van der Waals surface area contributed by atoms with Crippen LogP contribution in [0.15, 0.2) is 24.3 Å². The van der Waals surface area contributed by atoms with Gasteiger partial charge in [-0.1, -0.05) is 127 Å². The average Bonchev–Trinajstić information content (AvgIpc) is 2.53. The summed E-state index contributed by atoms with van der Waals surface area (Å²) in [5.41, 5.74) is 2.66. The molecule has 0 N–H and O–H groups in total. The van der Waals surface area contributed by atoms with Gasteiger partial charge in [-0.25, -0.2) is 0 Å². The lowest BCUT2D eigenvalue weighted by atomic mass is 10.2. The number of hydrogen-bond donors (Lipinski definition) is 0. The van der Waals surface area contributed by atoms with E-state index in [0.29, 0.717) is 0 Å². The molecule has 0 nitrogen and oxygen atoms in total. The van der Waals surface area contributed by atoms with Crippen molar-refractivity contribution >= 4 is 0 Å². The number of hydrogen-bond acceptors (Lipinski definition) is 0. The third-order valence-corrected chi connectivity index (χ3v) is 3.63. The molecule has 0 aliphatic heterocycles. The molecule has 0 radical (unpaired) electrons. The molecule has 0 atom stereocenters. The minimum Gasteiger partial charge on any atom is -0.0654 e. The Morgan fingerprint density at radius 3 is 0.864 bits per heavy atom. The van der Waals surface area contributed by atoms with Crippen molar-refractivity contribution in [3.63, 3.8) is 0 Å². The monoisotopic (exact) mass is 306 g/mol. The molecule has 0 amide bonds. The van der Waals surface area contributed by atoms with E-state index in [9.17, 15) is 0 Å². The molecule has 130 valence electrons. The molecule has 0 heteroatoms. The van der Waals surface area contributed by atoms with E-state index in [-0.39, 0.29) is 0 Å². The van der Waals surface area contributed by atoms with E-state index in [0.717, 1.165) is 0 Å². The fourth-order valence-electron chi connectivity index (χ4n) is 1.99. The molecular formula is C22H42. The van der Waals surface area contributed by atoms with Gasteiger partial charge in [0.15, 0.2) is 0 Å². The van der Waals surface area contributed by atoms with Gasteiger partial charge in [0.2, 0.25) is 0 Å². The summed E-state index contributed by atoms with van der Waals surface area (Å²) in [6.45, 7) is 13.2. The lowest BCUT2D eigenvalue weighted by molar-refractivity contribution is 0.656. The summed E-state index contributed by atoms with van der Waals surface area (Å²) in [6, 6.07) is 8.48. The summed E-state index contributed by atoms with van der Waals surface area (Å²) in [5, 5.41) is 0. The van der Waals surface area contributed by atoms with E-state index in [1.807, 2.05) is 0 Å². The van der Waals surface area contributed by atoms with Crippen molar-refractivity contribution < 1.29 is 0 Å². The van der Waals surface area contributed by atoms with Crippen LogP contribution in [0.3, 0.4) is 0 Å². The first-order valence-corrected chi connectivity index (χ1v) is 9.65. The molecule has 0 heterocycles. The summed E-state index contributed by atoms with van der Waals surface area (Å²) < 4.78 is 0. The molecule has 0 fully saturated rings. The molecule has 0 aliphatic rings. The molecule has 1 aromatic rings. The van der Waals surface area contributed by atoms with Crippen LogP contribution in [0.5, 0.6) is 0 Å². The van der Waals surface area contributed by atoms with E-state index < -0.39 is 0 Å². The zero-order valence-electron chi connectivity index (χ0n) is 16.4. The lowest BCUT2D eigenvalue weighted by Gasteiger charge is -1.90. The lowest BCUT2D eigenvalue weighted by Crippen LogP contribution is -1.70. The highest BCUT2D eigenvalue weighted by Gasteiger charge is 1.81. The van der Waals surface area contributed by atoms with E-state index in [4.69, 9.17) is 0 Å². The van der Waals surface area contributed by atoms with Crippen molar-refractivity contribution in [3.05, 3.63) is 35.4 Å². The van der Waals surface area contributed by atoms with E-state index in [2.05, 4.69) is 65.8 Å². The first-order chi connectivity index (χ1) is 10.6. The fourth-order valence-corrected chi connectivity index (χ4v) is 1.99. The quantitative estimate of drug-likeness (QED) is 0.424. The second-order valence-electron chi connectivity index (χ2n) is 6.28. The maximum absolute atomic E-state index is 2.25. The Bertz CT molecular complexity index is 244. The Kier molecular flexibility index (Phi) is 21.6. The number of aryl methyl sites for hydroxylation is 2. The molecule has 1 aromatic carbocycles. The average molecular weight is 307 g/mol. The standard InChI is InChI=1S/C8H10.2C7H16/c1-7-3-5-8(2)6-4-7;2*1-3-5-7-6-4-2/h3-6H,1-2H3;2*3-7H2,1-2H3. The summed E-state index contributed by atoms with van der Waals surface area (Å²) >= 11 is 0. The maximum atomic E-state index is 2.25. The summed E-state index contributed by atoms with van der Waals surface area (Å²) in [6.07, 6.45) is 14.0. The predicted octanol–water partition coefficient (Wildman–Crippen LogP) is 8.26. The van der Waals surface area contributed by atoms with Gasteiger partial charge in [0.25, 0.3) is 0 Å². The van der Waals surface area contributed by atoms with Crippen LogP contribution in [0.4, 0.5) is 0 Å². The highest BCUT2D eigenvalue weighted by molar-refractivity contribution is 5.19. The minimum atomic E-state index is 1.33. The highest BCUT2D eigenvalue weighted by Crippen LogP contribution is 2.01. The second kappa shape index (κ2) is 20.2. The molecule has 0 saturated carbocycles. The van der Waals surface area contributed by atoms with Gasteiger partial charge in [-0.3, -0.25) is 0 Å². The van der Waals surface area contributed by atoms with Crippen LogP contribution in [-0.4, -0.2) is 0 Å². The normalized spacial score (nSPS) is 9.36. The van der Waals surface area contributed by atoms with Crippen LogP contribution in [0.2, 0.25) is 0 Å². The van der Waals surface area contributed by atoms with Gasteiger partial charge in [0, 0.05) is 0 Å². The Hall–Kier alpha value is -0.780. The largest absolute Gasteiger partial charge is 0.0654 e. The van der Waals surface area contributed by atoms with Crippen LogP contribution in [0, 0.1) is 13.8 Å². The third-order valence-electron chi connectivity index (χ3n) is 3.63. The van der Waals surface area contributed by atoms with Crippen molar-refractivity contribution in [2.45, 2.75) is 106 Å². The molecule has 0 aromatic heterocycles. The maximum Gasteiger partial charge on any atom is -0.0398 e. The Morgan fingerprint density at radius 1 is 0.455 bits per heavy atom. The molecule has 0 bridgehead atoms. The van der Waals surface area contributed by atoms with E-state index in [1.165, 1.54) is 75.3 Å². The van der Waals surface area contributed by atoms with Crippen molar-refractivity contribution in [2.75, 3.05) is 0 Å². The van der Waals surface area contributed by atoms with Gasteiger partial charge in [-0.15, -0.1) is 0 Å². The van der Waals surface area contributed by atoms with Crippen molar-refractivity contribution in [1.82, 2.24) is 0 Å². The van der Waals surface area contributed by atoms with Crippen LogP contribution >= 0.6 is 0 Å². The predicted molar refractivity (Wildman–Crippen MR) is 105 cm³/mol. The third kappa shape index (κ3) is 21.5.